The molecule has 0 unspecified atom stereocenters. The van der Waals surface area contributed by atoms with E-state index < -0.39 is 17.0 Å². The molecule has 0 saturated heterocycles. The van der Waals surface area contributed by atoms with Crippen molar-refractivity contribution in [3.63, 3.8) is 0 Å². The number of Topliss-reactive ketones (excluding diaryl/α,β-unsaturated/α-hetero) is 1. The number of aromatic nitrogens is 2. The molecule has 194 valence electrons. The number of hydrogen-bond acceptors (Lipinski definition) is 9. The molecule has 0 aliphatic carbocycles. The Bertz CT molecular complexity index is 1670. The molecule has 2 aliphatic heterocycles. The molecular weight excluding hydrogens is 510 g/mol. The molecule has 2 aromatic carbocycles. The van der Waals surface area contributed by atoms with Crippen LogP contribution >= 0.6 is 11.8 Å². The van der Waals surface area contributed by atoms with E-state index in [9.17, 15) is 19.2 Å². The second-order valence-corrected chi connectivity index (χ2v) is 9.63. The minimum Gasteiger partial charge on any atom is -0.454 e. The highest BCUT2D eigenvalue weighted by atomic mass is 32.2. The number of hydrogen-bond donors (Lipinski definition) is 1. The van der Waals surface area contributed by atoms with Gasteiger partial charge in [0.15, 0.2) is 22.4 Å². The van der Waals surface area contributed by atoms with Gasteiger partial charge in [-0.05, 0) is 42.8 Å². The summed E-state index contributed by atoms with van der Waals surface area (Å²) in [6.45, 7) is 2.06. The topological polar surface area (TPSA) is 138 Å². The van der Waals surface area contributed by atoms with Crippen molar-refractivity contribution in [2.24, 2.45) is 19.1 Å². The van der Waals surface area contributed by atoms with Crippen LogP contribution in [0.5, 0.6) is 11.5 Å². The Morgan fingerprint density at radius 2 is 1.76 bits per heavy atom. The molecule has 1 aromatic heterocycles. The molecule has 1 amide bonds. The number of amides is 1. The summed E-state index contributed by atoms with van der Waals surface area (Å²) in [6.07, 6.45) is 1.63. The Hall–Kier alpha value is -4.58. The van der Waals surface area contributed by atoms with Gasteiger partial charge >= 0.3 is 5.69 Å². The minimum atomic E-state index is -0.778. The predicted molar refractivity (Wildman–Crippen MR) is 145 cm³/mol. The van der Waals surface area contributed by atoms with Crippen LogP contribution in [0.3, 0.4) is 0 Å². The summed E-state index contributed by atoms with van der Waals surface area (Å²) < 4.78 is 12.6. The number of carbonyl (C=O) groups is 2. The van der Waals surface area contributed by atoms with Gasteiger partial charge in [0.2, 0.25) is 6.79 Å². The first-order valence-electron chi connectivity index (χ1n) is 11.5. The van der Waals surface area contributed by atoms with E-state index in [4.69, 9.17) is 15.2 Å². The summed E-state index contributed by atoms with van der Waals surface area (Å²) in [5.74, 6) is -0.223. The molecule has 5 rings (SSSR count). The fourth-order valence-electron chi connectivity index (χ4n) is 4.00. The molecule has 38 heavy (non-hydrogen) atoms. The summed E-state index contributed by atoms with van der Waals surface area (Å²) >= 11 is 0.995. The summed E-state index contributed by atoms with van der Waals surface area (Å²) in [6, 6.07) is 12.6. The molecule has 12 heteroatoms. The van der Waals surface area contributed by atoms with Crippen molar-refractivity contribution in [1.29, 1.82) is 0 Å². The smallest absolute Gasteiger partial charge is 0.332 e. The lowest BCUT2D eigenvalue weighted by Gasteiger charge is -2.18. The van der Waals surface area contributed by atoms with Crippen molar-refractivity contribution in [2.45, 2.75) is 6.92 Å². The number of thioether (sulfide) groups is 1. The first-order chi connectivity index (χ1) is 18.2. The van der Waals surface area contributed by atoms with Crippen LogP contribution in [0.25, 0.3) is 6.08 Å². The third kappa shape index (κ3) is 4.39. The van der Waals surface area contributed by atoms with Crippen molar-refractivity contribution < 1.29 is 19.1 Å². The van der Waals surface area contributed by atoms with Gasteiger partial charge in [0.05, 0.1) is 11.4 Å². The van der Waals surface area contributed by atoms with Crippen molar-refractivity contribution in [2.75, 3.05) is 23.2 Å². The van der Waals surface area contributed by atoms with Gasteiger partial charge in [-0.2, -0.15) is 0 Å². The van der Waals surface area contributed by atoms with Gasteiger partial charge in [0.1, 0.15) is 17.1 Å². The number of rotatable bonds is 5. The average Bonchev–Trinajstić information content (AvgIpc) is 3.49. The number of benzene rings is 2. The average molecular weight is 534 g/mol. The van der Waals surface area contributed by atoms with Gasteiger partial charge in [-0.3, -0.25) is 28.4 Å². The third-order valence-corrected chi connectivity index (χ3v) is 7.08. The van der Waals surface area contributed by atoms with E-state index in [2.05, 4.69) is 4.99 Å². The van der Waals surface area contributed by atoms with E-state index in [1.807, 2.05) is 19.1 Å². The highest BCUT2D eigenvalue weighted by Gasteiger charge is 2.33. The second kappa shape index (κ2) is 9.71. The summed E-state index contributed by atoms with van der Waals surface area (Å²) in [4.78, 5) is 57.2. The maximum absolute atomic E-state index is 13.5. The molecular formula is C26H23N5O6S. The third-order valence-electron chi connectivity index (χ3n) is 6.14. The normalized spacial score (nSPS) is 15.3. The number of nitrogens with zero attached hydrogens (tertiary/aromatic N) is 4. The van der Waals surface area contributed by atoms with Crippen LogP contribution in [0.2, 0.25) is 0 Å². The SMILES string of the molecule is Cc1ccc(N2C(=O)/C(=C\c3ccc4c(c3)OCO4)N=C2SCC(=O)c2c(N)n(C)c(=O)n(C)c2=O)cc1. The number of nitrogens with two attached hydrogens (primary N) is 1. The van der Waals surface area contributed by atoms with E-state index in [-0.39, 0.29) is 40.7 Å². The lowest BCUT2D eigenvalue weighted by atomic mass is 10.1. The summed E-state index contributed by atoms with van der Waals surface area (Å²) in [5.41, 5.74) is 6.68. The molecule has 0 fully saturated rings. The number of anilines is 2. The van der Waals surface area contributed by atoms with Gasteiger partial charge in [-0.15, -0.1) is 0 Å². The standard InChI is InChI=1S/C26H23N5O6S/c1-14-4-7-16(8-5-14)31-23(33)17(10-15-6-9-19-20(11-15)37-13-36-19)28-25(31)38-12-18(32)21-22(27)29(2)26(35)30(3)24(21)34/h4-11H,12-13,27H2,1-3H3/b17-10+. The lowest BCUT2D eigenvalue weighted by Crippen LogP contribution is -2.42. The van der Waals surface area contributed by atoms with Crippen LogP contribution in [0.1, 0.15) is 21.5 Å². The van der Waals surface area contributed by atoms with Crippen LogP contribution in [0, 0.1) is 6.92 Å². The van der Waals surface area contributed by atoms with Gasteiger partial charge in [-0.25, -0.2) is 9.79 Å². The zero-order chi connectivity index (χ0) is 27.1. The van der Waals surface area contributed by atoms with Gasteiger partial charge in [0, 0.05) is 14.1 Å². The van der Waals surface area contributed by atoms with Crippen molar-refractivity contribution in [3.05, 3.63) is 85.7 Å². The number of carbonyl (C=O) groups excluding carboxylic acids is 2. The monoisotopic (exact) mass is 533 g/mol. The van der Waals surface area contributed by atoms with Crippen LogP contribution in [0.15, 0.2) is 62.7 Å². The number of ketones is 1. The van der Waals surface area contributed by atoms with E-state index in [0.717, 1.165) is 26.5 Å². The van der Waals surface area contributed by atoms with E-state index in [1.54, 1.807) is 36.4 Å². The maximum Gasteiger partial charge on any atom is 0.332 e. The fourth-order valence-corrected chi connectivity index (χ4v) is 4.88. The minimum absolute atomic E-state index is 0.131. The molecule has 0 radical (unpaired) electrons. The largest absolute Gasteiger partial charge is 0.454 e. The number of ether oxygens (including phenoxy) is 2. The molecule has 0 saturated carbocycles. The molecule has 0 bridgehead atoms. The zero-order valence-corrected chi connectivity index (χ0v) is 21.6. The zero-order valence-electron chi connectivity index (χ0n) is 20.8. The maximum atomic E-state index is 13.5. The number of aryl methyl sites for hydroxylation is 1. The molecule has 2 aliphatic rings. The predicted octanol–water partition coefficient (Wildman–Crippen LogP) is 2.06. The number of nitrogen functional groups attached to an aromatic ring is 1. The molecule has 3 heterocycles. The van der Waals surface area contributed by atoms with E-state index >= 15 is 0 Å². The molecule has 2 N–H and O–H groups in total. The second-order valence-electron chi connectivity index (χ2n) is 8.69. The van der Waals surface area contributed by atoms with E-state index in [1.165, 1.54) is 19.0 Å². The van der Waals surface area contributed by atoms with Gasteiger partial charge in [-0.1, -0.05) is 35.5 Å². The summed E-state index contributed by atoms with van der Waals surface area (Å²) in [5, 5.41) is 0.263. The van der Waals surface area contributed by atoms with Gasteiger partial charge in [0.25, 0.3) is 11.5 Å². The van der Waals surface area contributed by atoms with Crippen molar-refractivity contribution in [1.82, 2.24) is 9.13 Å². The Kier molecular flexibility index (Phi) is 6.41. The Morgan fingerprint density at radius 1 is 1.05 bits per heavy atom. The quantitative estimate of drug-likeness (QED) is 0.389. The Balaban J connectivity index is 1.48. The van der Waals surface area contributed by atoms with Crippen LogP contribution in [0.4, 0.5) is 11.5 Å². The number of fused-ring (bicyclic) bond motifs is 1. The van der Waals surface area contributed by atoms with Crippen LogP contribution in [-0.4, -0.2) is 38.5 Å². The fraction of sp³-hybridized carbons (Fsp3) is 0.192. The first-order valence-corrected chi connectivity index (χ1v) is 12.5. The summed E-state index contributed by atoms with van der Waals surface area (Å²) in [7, 11) is 2.66. The van der Waals surface area contributed by atoms with Gasteiger partial charge < -0.3 is 15.2 Å². The first kappa shape index (κ1) is 25.1. The van der Waals surface area contributed by atoms with Crippen molar-refractivity contribution in [3.8, 4) is 11.5 Å². The van der Waals surface area contributed by atoms with E-state index in [0.29, 0.717) is 22.7 Å². The molecule has 3 aromatic rings. The molecule has 0 spiro atoms. The lowest BCUT2D eigenvalue weighted by molar-refractivity contribution is -0.113. The Morgan fingerprint density at radius 3 is 2.50 bits per heavy atom. The number of aliphatic imine (C=N–C) groups is 1. The molecule has 11 nitrogen and oxygen atoms in total. The Labute approximate surface area is 220 Å². The molecule has 0 atom stereocenters. The number of amidine groups is 1. The van der Waals surface area contributed by atoms with Crippen molar-refractivity contribution >= 4 is 46.2 Å². The highest BCUT2D eigenvalue weighted by molar-refractivity contribution is 8.14. The van der Waals surface area contributed by atoms with Crippen LogP contribution < -0.4 is 31.4 Å². The highest BCUT2D eigenvalue weighted by Crippen LogP contribution is 2.34. The van der Waals surface area contributed by atoms with Crippen LogP contribution in [-0.2, 0) is 18.9 Å².